The number of nitrogens with two attached hydrogens (primary N) is 1. The maximum absolute atomic E-state index is 11.8. The van der Waals surface area contributed by atoms with Crippen LogP contribution in [0.5, 0.6) is 11.5 Å². The monoisotopic (exact) mass is 350 g/mol. The molecule has 0 aliphatic heterocycles. The van der Waals surface area contributed by atoms with Crippen molar-refractivity contribution in [2.75, 3.05) is 20.3 Å². The van der Waals surface area contributed by atoms with E-state index in [1.165, 1.54) is 0 Å². The minimum Gasteiger partial charge on any atom is -0.493 e. The Morgan fingerprint density at radius 1 is 1.08 bits per heavy atom. The lowest BCUT2D eigenvalue weighted by molar-refractivity contribution is -0.121. The maximum Gasteiger partial charge on any atom is 0.223 e. The van der Waals surface area contributed by atoms with E-state index in [0.717, 1.165) is 5.56 Å². The van der Waals surface area contributed by atoms with Crippen LogP contribution < -0.4 is 20.5 Å². The lowest BCUT2D eigenvalue weighted by atomic mass is 10.1. The summed E-state index contributed by atoms with van der Waals surface area (Å²) in [4.78, 5) is 11.8. The Bertz CT molecular complexity index is 623. The van der Waals surface area contributed by atoms with Crippen molar-refractivity contribution < 1.29 is 14.3 Å². The third kappa shape index (κ3) is 6.10. The summed E-state index contributed by atoms with van der Waals surface area (Å²) >= 11 is 0. The standard InChI is InChI=1S/C18H22N2O3.ClH/c1-22-16-9-5-6-10-17(16)23-12-11-18(21)20-13-15(19)14-7-3-2-4-8-14;/h2-10,15H,11-13,19H2,1H3,(H,20,21);1H. The predicted molar refractivity (Wildman–Crippen MR) is 96.7 cm³/mol. The third-order valence-electron chi connectivity index (χ3n) is 3.40. The second-order valence-corrected chi connectivity index (χ2v) is 5.07. The molecule has 0 saturated heterocycles. The van der Waals surface area contributed by atoms with Crippen molar-refractivity contribution >= 4 is 18.3 Å². The number of halogens is 1. The topological polar surface area (TPSA) is 73.6 Å². The molecule has 3 N–H and O–H groups in total. The maximum atomic E-state index is 11.8. The van der Waals surface area contributed by atoms with Crippen LogP contribution in [0.1, 0.15) is 18.0 Å². The fraction of sp³-hybridized carbons (Fsp3) is 0.278. The van der Waals surface area contributed by atoms with Crippen molar-refractivity contribution in [3.63, 3.8) is 0 Å². The van der Waals surface area contributed by atoms with Crippen LogP contribution in [-0.4, -0.2) is 26.2 Å². The minimum absolute atomic E-state index is 0. The quantitative estimate of drug-likeness (QED) is 0.767. The lowest BCUT2D eigenvalue weighted by Crippen LogP contribution is -2.32. The first-order valence-electron chi connectivity index (χ1n) is 7.53. The van der Waals surface area contributed by atoms with E-state index < -0.39 is 0 Å². The van der Waals surface area contributed by atoms with Gasteiger partial charge in [-0.3, -0.25) is 4.79 Å². The minimum atomic E-state index is -0.213. The molecule has 0 bridgehead atoms. The Labute approximate surface area is 148 Å². The molecule has 1 unspecified atom stereocenters. The van der Waals surface area contributed by atoms with Gasteiger partial charge in [0.15, 0.2) is 11.5 Å². The Morgan fingerprint density at radius 3 is 2.38 bits per heavy atom. The molecule has 130 valence electrons. The van der Waals surface area contributed by atoms with Crippen LogP contribution in [0.4, 0.5) is 0 Å². The molecule has 1 atom stereocenters. The predicted octanol–water partition coefficient (Wildman–Crippen LogP) is 2.70. The summed E-state index contributed by atoms with van der Waals surface area (Å²) in [6, 6.07) is 16.8. The van der Waals surface area contributed by atoms with Crippen LogP contribution in [0.25, 0.3) is 0 Å². The van der Waals surface area contributed by atoms with Crippen LogP contribution >= 0.6 is 12.4 Å². The van der Waals surface area contributed by atoms with Gasteiger partial charge in [-0.25, -0.2) is 0 Å². The van der Waals surface area contributed by atoms with E-state index >= 15 is 0 Å². The smallest absolute Gasteiger partial charge is 0.223 e. The number of hydrogen-bond acceptors (Lipinski definition) is 4. The molecule has 0 aliphatic rings. The number of carbonyl (C=O) groups excluding carboxylic acids is 1. The molecule has 0 saturated carbocycles. The van der Waals surface area contributed by atoms with Crippen molar-refractivity contribution in [3.05, 3.63) is 60.2 Å². The normalized spacial score (nSPS) is 11.1. The molecule has 2 aromatic carbocycles. The highest BCUT2D eigenvalue weighted by Gasteiger charge is 2.09. The Balaban J connectivity index is 0.00000288. The van der Waals surface area contributed by atoms with Gasteiger partial charge in [0.25, 0.3) is 0 Å². The number of ether oxygens (including phenoxy) is 2. The third-order valence-corrected chi connectivity index (χ3v) is 3.40. The first-order chi connectivity index (χ1) is 11.2. The highest BCUT2D eigenvalue weighted by atomic mass is 35.5. The second kappa shape index (κ2) is 10.5. The van der Waals surface area contributed by atoms with E-state index in [0.29, 0.717) is 18.0 Å². The largest absolute Gasteiger partial charge is 0.493 e. The number of hydrogen-bond donors (Lipinski definition) is 2. The van der Waals surface area contributed by atoms with Crippen LogP contribution in [-0.2, 0) is 4.79 Å². The summed E-state index contributed by atoms with van der Waals surface area (Å²) in [7, 11) is 1.58. The van der Waals surface area contributed by atoms with Gasteiger partial charge in [0.05, 0.1) is 20.1 Å². The molecular weight excluding hydrogens is 328 g/mol. The van der Waals surface area contributed by atoms with Crippen LogP contribution in [0.2, 0.25) is 0 Å². The van der Waals surface area contributed by atoms with Crippen molar-refractivity contribution in [2.45, 2.75) is 12.5 Å². The van der Waals surface area contributed by atoms with Crippen molar-refractivity contribution in [1.82, 2.24) is 5.32 Å². The van der Waals surface area contributed by atoms with E-state index in [1.807, 2.05) is 54.6 Å². The van der Waals surface area contributed by atoms with E-state index in [-0.39, 0.29) is 37.4 Å². The van der Waals surface area contributed by atoms with Gasteiger partial charge in [-0.1, -0.05) is 42.5 Å². The molecule has 0 radical (unpaired) electrons. The van der Waals surface area contributed by atoms with Crippen LogP contribution in [0.15, 0.2) is 54.6 Å². The van der Waals surface area contributed by atoms with E-state index in [4.69, 9.17) is 15.2 Å². The molecule has 2 rings (SSSR count). The number of methoxy groups -OCH3 is 1. The fourth-order valence-corrected chi connectivity index (χ4v) is 2.12. The summed E-state index contributed by atoms with van der Waals surface area (Å²) in [5.41, 5.74) is 7.04. The molecule has 2 aromatic rings. The van der Waals surface area contributed by atoms with Crippen LogP contribution in [0.3, 0.4) is 0 Å². The number of para-hydroxylation sites is 2. The highest BCUT2D eigenvalue weighted by Crippen LogP contribution is 2.25. The lowest BCUT2D eigenvalue weighted by Gasteiger charge is -2.14. The van der Waals surface area contributed by atoms with Gasteiger partial charge < -0.3 is 20.5 Å². The summed E-state index contributed by atoms with van der Waals surface area (Å²) in [5, 5.41) is 2.82. The van der Waals surface area contributed by atoms with Crippen molar-refractivity contribution in [1.29, 1.82) is 0 Å². The van der Waals surface area contributed by atoms with E-state index in [2.05, 4.69) is 5.32 Å². The number of benzene rings is 2. The average Bonchev–Trinajstić information content (AvgIpc) is 2.61. The molecule has 0 heterocycles. The molecule has 0 fully saturated rings. The molecule has 6 heteroatoms. The Morgan fingerprint density at radius 2 is 1.71 bits per heavy atom. The second-order valence-electron chi connectivity index (χ2n) is 5.07. The highest BCUT2D eigenvalue weighted by molar-refractivity contribution is 5.85. The zero-order valence-corrected chi connectivity index (χ0v) is 14.4. The van der Waals surface area contributed by atoms with Gasteiger partial charge in [-0.05, 0) is 17.7 Å². The van der Waals surface area contributed by atoms with Gasteiger partial charge in [0, 0.05) is 12.6 Å². The molecule has 1 amide bonds. The van der Waals surface area contributed by atoms with Gasteiger partial charge in [0.2, 0.25) is 5.91 Å². The number of rotatable bonds is 8. The SMILES string of the molecule is COc1ccccc1OCCC(=O)NCC(N)c1ccccc1.Cl. The summed E-state index contributed by atoms with van der Waals surface area (Å²) < 4.78 is 10.8. The summed E-state index contributed by atoms with van der Waals surface area (Å²) in [5.74, 6) is 1.19. The average molecular weight is 351 g/mol. The van der Waals surface area contributed by atoms with Crippen molar-refractivity contribution in [3.8, 4) is 11.5 Å². The molecule has 0 aromatic heterocycles. The number of nitrogens with one attached hydrogen (secondary N) is 1. The fourth-order valence-electron chi connectivity index (χ4n) is 2.12. The summed E-state index contributed by atoms with van der Waals surface area (Å²) in [6.45, 7) is 0.685. The van der Waals surface area contributed by atoms with Gasteiger partial charge in [0.1, 0.15) is 0 Å². The molecular formula is C18H23ClN2O3. The Hall–Kier alpha value is -2.24. The molecule has 0 aliphatic carbocycles. The number of carbonyl (C=O) groups is 1. The zero-order chi connectivity index (χ0) is 16.5. The Kier molecular flexibility index (Phi) is 8.68. The van der Waals surface area contributed by atoms with E-state index in [1.54, 1.807) is 7.11 Å². The van der Waals surface area contributed by atoms with Crippen LogP contribution in [0, 0.1) is 0 Å². The first-order valence-corrected chi connectivity index (χ1v) is 7.53. The first kappa shape index (κ1) is 19.8. The van der Waals surface area contributed by atoms with Gasteiger partial charge in [-0.15, -0.1) is 12.4 Å². The van der Waals surface area contributed by atoms with Gasteiger partial charge in [-0.2, -0.15) is 0 Å². The summed E-state index contributed by atoms with van der Waals surface area (Å²) in [6.07, 6.45) is 0.263. The number of amides is 1. The van der Waals surface area contributed by atoms with Crippen molar-refractivity contribution in [2.24, 2.45) is 5.73 Å². The van der Waals surface area contributed by atoms with E-state index in [9.17, 15) is 4.79 Å². The molecule has 24 heavy (non-hydrogen) atoms. The van der Waals surface area contributed by atoms with Gasteiger partial charge >= 0.3 is 0 Å². The zero-order valence-electron chi connectivity index (χ0n) is 13.6. The molecule has 0 spiro atoms. The molecule has 5 nitrogen and oxygen atoms in total.